The quantitative estimate of drug-likeness (QED) is 0.544. The van der Waals surface area contributed by atoms with Gasteiger partial charge in [0, 0.05) is 32.8 Å². The van der Waals surface area contributed by atoms with Crippen LogP contribution < -0.4 is 5.32 Å². The lowest BCUT2D eigenvalue weighted by molar-refractivity contribution is 0.0991. The van der Waals surface area contributed by atoms with E-state index in [2.05, 4.69) is 17.1 Å². The molecule has 0 spiro atoms. The van der Waals surface area contributed by atoms with Gasteiger partial charge >= 0.3 is 0 Å². The number of ether oxygens (including phenoxy) is 2. The van der Waals surface area contributed by atoms with E-state index < -0.39 is 0 Å². The second-order valence-corrected chi connectivity index (χ2v) is 3.53. The van der Waals surface area contributed by atoms with Gasteiger partial charge in [-0.3, -0.25) is 4.90 Å². The molecule has 92 valence electrons. The number of rotatable bonds is 10. The molecule has 4 heteroatoms. The number of hydrogen-bond acceptors (Lipinski definition) is 4. The molecule has 1 atom stereocenters. The molecule has 0 aromatic rings. The fraction of sp³-hybridized carbons (Fsp3) is 1.00. The highest BCUT2D eigenvalue weighted by molar-refractivity contribution is 4.69. The van der Waals surface area contributed by atoms with E-state index in [1.54, 1.807) is 7.11 Å². The molecule has 4 nitrogen and oxygen atoms in total. The van der Waals surface area contributed by atoms with Crippen molar-refractivity contribution in [2.75, 3.05) is 53.6 Å². The number of nitrogens with zero attached hydrogens (tertiary/aromatic N) is 1. The van der Waals surface area contributed by atoms with Gasteiger partial charge in [0.15, 0.2) is 0 Å². The van der Waals surface area contributed by atoms with E-state index >= 15 is 0 Å². The minimum atomic E-state index is 0.400. The van der Waals surface area contributed by atoms with Gasteiger partial charge < -0.3 is 14.8 Å². The summed E-state index contributed by atoms with van der Waals surface area (Å²) < 4.78 is 10.5. The molecule has 1 N–H and O–H groups in total. The van der Waals surface area contributed by atoms with Crippen molar-refractivity contribution in [3.63, 3.8) is 0 Å². The number of methoxy groups -OCH3 is 1. The lowest BCUT2D eigenvalue weighted by Crippen LogP contribution is -2.43. The predicted octanol–water partition coefficient (Wildman–Crippen LogP) is 0.579. The first-order chi connectivity index (χ1) is 7.28. The summed E-state index contributed by atoms with van der Waals surface area (Å²) >= 11 is 0. The highest BCUT2D eigenvalue weighted by atomic mass is 16.5. The molecule has 1 unspecified atom stereocenters. The molecule has 0 saturated heterocycles. The van der Waals surface area contributed by atoms with Crippen molar-refractivity contribution in [3.05, 3.63) is 0 Å². The average Bonchev–Trinajstić information content (AvgIpc) is 2.26. The molecule has 0 aromatic heterocycles. The van der Waals surface area contributed by atoms with Crippen molar-refractivity contribution in [2.45, 2.75) is 19.9 Å². The maximum Gasteiger partial charge on any atom is 0.0628 e. The zero-order chi connectivity index (χ0) is 11.5. The first kappa shape index (κ1) is 14.8. The van der Waals surface area contributed by atoms with Gasteiger partial charge in [-0.05, 0) is 20.5 Å². The third-order valence-corrected chi connectivity index (χ3v) is 2.46. The summed E-state index contributed by atoms with van der Waals surface area (Å²) in [5.74, 6) is 0. The van der Waals surface area contributed by atoms with E-state index in [1.807, 2.05) is 14.0 Å². The molecule has 0 rings (SSSR count). The molecule has 0 heterocycles. The van der Waals surface area contributed by atoms with Crippen molar-refractivity contribution in [2.24, 2.45) is 0 Å². The summed E-state index contributed by atoms with van der Waals surface area (Å²) in [5.41, 5.74) is 0. The van der Waals surface area contributed by atoms with Gasteiger partial charge in [-0.25, -0.2) is 0 Å². The van der Waals surface area contributed by atoms with Crippen LogP contribution in [0.25, 0.3) is 0 Å². The molecule has 0 bridgehead atoms. The lowest BCUT2D eigenvalue weighted by Gasteiger charge is -2.25. The first-order valence-electron chi connectivity index (χ1n) is 5.74. The van der Waals surface area contributed by atoms with Crippen LogP contribution in [0.2, 0.25) is 0 Å². The van der Waals surface area contributed by atoms with Crippen molar-refractivity contribution in [3.8, 4) is 0 Å². The van der Waals surface area contributed by atoms with E-state index in [4.69, 9.17) is 9.47 Å². The fourth-order valence-corrected chi connectivity index (χ4v) is 1.46. The minimum absolute atomic E-state index is 0.400. The molecule has 0 fully saturated rings. The third kappa shape index (κ3) is 7.73. The van der Waals surface area contributed by atoms with E-state index in [0.717, 1.165) is 39.5 Å². The lowest BCUT2D eigenvalue weighted by atomic mass is 10.3. The van der Waals surface area contributed by atoms with E-state index in [-0.39, 0.29) is 0 Å². The monoisotopic (exact) mass is 218 g/mol. The third-order valence-electron chi connectivity index (χ3n) is 2.46. The van der Waals surface area contributed by atoms with Gasteiger partial charge in [-0.2, -0.15) is 0 Å². The van der Waals surface area contributed by atoms with Gasteiger partial charge in [0.1, 0.15) is 0 Å². The second kappa shape index (κ2) is 10.4. The normalized spacial score (nSPS) is 13.4. The van der Waals surface area contributed by atoms with E-state index in [9.17, 15) is 0 Å². The molecule has 0 saturated carbocycles. The Kier molecular flexibility index (Phi) is 10.3. The summed E-state index contributed by atoms with van der Waals surface area (Å²) in [5, 5.41) is 3.25. The number of nitrogens with one attached hydrogen (secondary N) is 1. The molecule has 0 amide bonds. The van der Waals surface area contributed by atoms with Crippen molar-refractivity contribution < 1.29 is 9.47 Å². The summed E-state index contributed by atoms with van der Waals surface area (Å²) in [7, 11) is 3.71. The topological polar surface area (TPSA) is 33.7 Å². The van der Waals surface area contributed by atoms with Crippen LogP contribution in [0.5, 0.6) is 0 Å². The van der Waals surface area contributed by atoms with Gasteiger partial charge in [-0.15, -0.1) is 0 Å². The van der Waals surface area contributed by atoms with Crippen molar-refractivity contribution in [1.29, 1.82) is 0 Å². The molecule has 0 aliphatic heterocycles. The van der Waals surface area contributed by atoms with Crippen LogP contribution in [-0.4, -0.2) is 64.6 Å². The van der Waals surface area contributed by atoms with Crippen molar-refractivity contribution in [1.82, 2.24) is 10.2 Å². The molecule has 0 aliphatic rings. The van der Waals surface area contributed by atoms with E-state index in [1.165, 1.54) is 0 Å². The highest BCUT2D eigenvalue weighted by Gasteiger charge is 2.10. The van der Waals surface area contributed by atoms with Crippen LogP contribution in [0.3, 0.4) is 0 Å². The van der Waals surface area contributed by atoms with Gasteiger partial charge in [0.2, 0.25) is 0 Å². The highest BCUT2D eigenvalue weighted by Crippen LogP contribution is 1.93. The molecular formula is C11H26N2O2. The van der Waals surface area contributed by atoms with Crippen LogP contribution in [-0.2, 0) is 9.47 Å². The summed E-state index contributed by atoms with van der Waals surface area (Å²) in [4.78, 5) is 2.37. The van der Waals surface area contributed by atoms with E-state index in [0.29, 0.717) is 6.04 Å². The van der Waals surface area contributed by atoms with Crippen LogP contribution in [0.15, 0.2) is 0 Å². The molecule has 0 aliphatic carbocycles. The average molecular weight is 218 g/mol. The fourth-order valence-electron chi connectivity index (χ4n) is 1.46. The Morgan fingerprint density at radius 3 is 2.53 bits per heavy atom. The number of likely N-dealkylation sites (N-methyl/N-ethyl adjacent to an activating group) is 2. The predicted molar refractivity (Wildman–Crippen MR) is 63.3 cm³/mol. The van der Waals surface area contributed by atoms with Crippen LogP contribution in [0, 0.1) is 0 Å². The Labute approximate surface area is 93.9 Å². The van der Waals surface area contributed by atoms with Crippen molar-refractivity contribution >= 4 is 0 Å². The Balaban J connectivity index is 3.73. The Morgan fingerprint density at radius 2 is 2.07 bits per heavy atom. The Hall–Kier alpha value is -0.160. The number of hydrogen-bond donors (Lipinski definition) is 1. The van der Waals surface area contributed by atoms with Gasteiger partial charge in [0.05, 0.1) is 13.2 Å². The molecule has 0 radical (unpaired) electrons. The molecule has 0 aromatic carbocycles. The standard InChI is InChI=1S/C11H26N2O2/c1-5-13(7-8-15-6-2)9-11(12-3)10-14-4/h11-12H,5-10H2,1-4H3. The SMILES string of the molecule is CCOCCN(CC)CC(COC)NC. The zero-order valence-corrected chi connectivity index (χ0v) is 10.6. The second-order valence-electron chi connectivity index (χ2n) is 3.53. The maximum atomic E-state index is 5.35. The summed E-state index contributed by atoms with van der Waals surface area (Å²) in [6.07, 6.45) is 0. The zero-order valence-electron chi connectivity index (χ0n) is 10.6. The van der Waals surface area contributed by atoms with Crippen LogP contribution in [0.1, 0.15) is 13.8 Å². The summed E-state index contributed by atoms with van der Waals surface area (Å²) in [6, 6.07) is 0.400. The maximum absolute atomic E-state index is 5.35. The largest absolute Gasteiger partial charge is 0.383 e. The van der Waals surface area contributed by atoms with Gasteiger partial charge in [0.25, 0.3) is 0 Å². The summed E-state index contributed by atoms with van der Waals surface area (Å²) in [6.45, 7) is 9.61. The smallest absolute Gasteiger partial charge is 0.0628 e. The Bertz CT molecular complexity index is 134. The van der Waals surface area contributed by atoms with Crippen LogP contribution in [0.4, 0.5) is 0 Å². The molecular weight excluding hydrogens is 192 g/mol. The Morgan fingerprint density at radius 1 is 1.33 bits per heavy atom. The first-order valence-corrected chi connectivity index (χ1v) is 5.74. The van der Waals surface area contributed by atoms with Crippen LogP contribution >= 0.6 is 0 Å². The van der Waals surface area contributed by atoms with Gasteiger partial charge in [-0.1, -0.05) is 6.92 Å². The molecule has 15 heavy (non-hydrogen) atoms. The minimum Gasteiger partial charge on any atom is -0.383 e.